The van der Waals surface area contributed by atoms with E-state index in [1.165, 1.54) is 6.07 Å². The van der Waals surface area contributed by atoms with Crippen molar-refractivity contribution >= 4 is 26.9 Å². The van der Waals surface area contributed by atoms with Crippen molar-refractivity contribution in [3.8, 4) is 5.75 Å². The second kappa shape index (κ2) is 4.29. The van der Waals surface area contributed by atoms with E-state index >= 15 is 0 Å². The maximum atomic E-state index is 11.7. The summed E-state index contributed by atoms with van der Waals surface area (Å²) in [4.78, 5) is 11.7. The van der Waals surface area contributed by atoms with Gasteiger partial charge in [0.15, 0.2) is 0 Å². The molecule has 1 aromatic carbocycles. The number of alkyl halides is 1. The molecule has 0 aliphatic heterocycles. The maximum Gasteiger partial charge on any atom is 0.339 e. The molecule has 2 aromatic rings. The molecule has 0 radical (unpaired) electrons. The molecule has 0 saturated heterocycles. The fourth-order valence-electron chi connectivity index (χ4n) is 1.77. The summed E-state index contributed by atoms with van der Waals surface area (Å²) >= 11 is 3.31. The minimum Gasteiger partial charge on any atom is -0.508 e. The number of halogens is 1. The summed E-state index contributed by atoms with van der Waals surface area (Å²) in [5, 5.41) is 10.9. The fraction of sp³-hybridized carbons (Fsp3) is 0.250. The van der Waals surface area contributed by atoms with E-state index in [0.717, 1.165) is 16.3 Å². The Bertz CT molecular complexity index is 587. The fourth-order valence-corrected chi connectivity index (χ4v) is 2.16. The van der Waals surface area contributed by atoms with Gasteiger partial charge in [0.1, 0.15) is 11.3 Å². The van der Waals surface area contributed by atoms with E-state index in [-0.39, 0.29) is 11.4 Å². The molecular weight excluding hydrogens is 272 g/mol. The highest BCUT2D eigenvalue weighted by molar-refractivity contribution is 9.09. The summed E-state index contributed by atoms with van der Waals surface area (Å²) in [7, 11) is 0. The topological polar surface area (TPSA) is 50.4 Å². The molecule has 0 fully saturated rings. The van der Waals surface area contributed by atoms with Crippen LogP contribution in [-0.2, 0) is 6.42 Å². The van der Waals surface area contributed by atoms with Crippen LogP contribution in [0.5, 0.6) is 5.75 Å². The Labute approximate surface area is 101 Å². The van der Waals surface area contributed by atoms with Crippen LogP contribution in [0.4, 0.5) is 0 Å². The number of benzene rings is 1. The van der Waals surface area contributed by atoms with Gasteiger partial charge in [-0.1, -0.05) is 15.9 Å². The predicted molar refractivity (Wildman–Crippen MR) is 66.4 cm³/mol. The van der Waals surface area contributed by atoms with Gasteiger partial charge in [0.05, 0.1) is 0 Å². The molecule has 0 spiro atoms. The van der Waals surface area contributed by atoms with Crippen LogP contribution in [0.15, 0.2) is 27.4 Å². The molecule has 2 rings (SSSR count). The Kier molecular flexibility index (Phi) is 3.01. The lowest BCUT2D eigenvalue weighted by molar-refractivity contribution is 0.472. The summed E-state index contributed by atoms with van der Waals surface area (Å²) in [6.45, 7) is 1.90. The van der Waals surface area contributed by atoms with Crippen LogP contribution in [0.2, 0.25) is 0 Å². The van der Waals surface area contributed by atoms with Crippen LogP contribution < -0.4 is 5.63 Å². The van der Waals surface area contributed by atoms with Crippen molar-refractivity contribution in [1.29, 1.82) is 0 Å². The number of hydrogen-bond acceptors (Lipinski definition) is 3. The first-order valence-corrected chi connectivity index (χ1v) is 6.07. The maximum absolute atomic E-state index is 11.7. The third kappa shape index (κ3) is 1.85. The van der Waals surface area contributed by atoms with Crippen LogP contribution >= 0.6 is 15.9 Å². The van der Waals surface area contributed by atoms with Gasteiger partial charge in [-0.25, -0.2) is 4.79 Å². The van der Waals surface area contributed by atoms with Crippen LogP contribution in [0.1, 0.15) is 11.1 Å². The van der Waals surface area contributed by atoms with E-state index in [2.05, 4.69) is 15.9 Å². The quantitative estimate of drug-likeness (QED) is 0.681. The summed E-state index contributed by atoms with van der Waals surface area (Å²) in [6.07, 6.45) is 0.644. The molecule has 3 nitrogen and oxygen atoms in total. The monoisotopic (exact) mass is 282 g/mol. The normalized spacial score (nSPS) is 10.9. The summed E-state index contributed by atoms with van der Waals surface area (Å²) < 4.78 is 5.17. The number of fused-ring (bicyclic) bond motifs is 1. The average Bonchev–Trinajstić information content (AvgIpc) is 2.23. The van der Waals surface area contributed by atoms with E-state index in [4.69, 9.17) is 4.42 Å². The minimum atomic E-state index is -0.324. The molecule has 1 N–H and O–H groups in total. The van der Waals surface area contributed by atoms with E-state index in [1.54, 1.807) is 12.1 Å². The standard InChI is InChI=1S/C12H11BrO3/c1-7-9-3-2-8(14)6-11(9)16-12(15)10(7)4-5-13/h2-3,6,14H,4-5H2,1H3. The van der Waals surface area contributed by atoms with Gasteiger partial charge in [0.25, 0.3) is 0 Å². The number of phenols is 1. The molecule has 0 atom stereocenters. The summed E-state index contributed by atoms with van der Waals surface area (Å²) in [5.41, 5.74) is 1.72. The van der Waals surface area contributed by atoms with E-state index < -0.39 is 0 Å². The molecule has 0 aliphatic rings. The zero-order valence-electron chi connectivity index (χ0n) is 8.79. The van der Waals surface area contributed by atoms with Crippen LogP contribution in [0.25, 0.3) is 11.0 Å². The lowest BCUT2D eigenvalue weighted by atomic mass is 10.0. The summed E-state index contributed by atoms with van der Waals surface area (Å²) in [6, 6.07) is 4.82. The number of aryl methyl sites for hydroxylation is 1. The predicted octanol–water partition coefficient (Wildman–Crippen LogP) is 2.74. The third-order valence-electron chi connectivity index (χ3n) is 2.62. The number of hydrogen-bond donors (Lipinski definition) is 1. The smallest absolute Gasteiger partial charge is 0.339 e. The van der Waals surface area contributed by atoms with Crippen molar-refractivity contribution in [3.05, 3.63) is 39.7 Å². The Morgan fingerprint density at radius 1 is 1.44 bits per heavy atom. The molecule has 0 aliphatic carbocycles. The molecule has 84 valence electrons. The highest BCUT2D eigenvalue weighted by Gasteiger charge is 2.10. The van der Waals surface area contributed by atoms with Gasteiger partial charge in [0, 0.05) is 22.3 Å². The van der Waals surface area contributed by atoms with Crippen LogP contribution in [0, 0.1) is 6.92 Å². The Balaban J connectivity index is 2.78. The van der Waals surface area contributed by atoms with Gasteiger partial charge in [-0.2, -0.15) is 0 Å². The number of rotatable bonds is 2. The molecule has 4 heteroatoms. The lowest BCUT2D eigenvalue weighted by Gasteiger charge is -2.06. The van der Waals surface area contributed by atoms with Crippen molar-refractivity contribution in [1.82, 2.24) is 0 Å². The van der Waals surface area contributed by atoms with Crippen molar-refractivity contribution in [2.75, 3.05) is 5.33 Å². The average molecular weight is 283 g/mol. The number of phenolic OH excluding ortho intramolecular Hbond substituents is 1. The van der Waals surface area contributed by atoms with Gasteiger partial charge in [-0.3, -0.25) is 0 Å². The first-order valence-electron chi connectivity index (χ1n) is 4.94. The highest BCUT2D eigenvalue weighted by atomic mass is 79.9. The molecule has 16 heavy (non-hydrogen) atoms. The van der Waals surface area contributed by atoms with Gasteiger partial charge in [-0.15, -0.1) is 0 Å². The first kappa shape index (κ1) is 11.2. The van der Waals surface area contributed by atoms with Crippen LogP contribution in [0.3, 0.4) is 0 Å². The zero-order valence-corrected chi connectivity index (χ0v) is 10.4. The van der Waals surface area contributed by atoms with E-state index in [0.29, 0.717) is 17.6 Å². The first-order chi connectivity index (χ1) is 7.63. The van der Waals surface area contributed by atoms with Gasteiger partial charge < -0.3 is 9.52 Å². The van der Waals surface area contributed by atoms with Crippen molar-refractivity contribution < 1.29 is 9.52 Å². The third-order valence-corrected chi connectivity index (χ3v) is 3.01. The number of aromatic hydroxyl groups is 1. The Hall–Kier alpha value is -1.29. The lowest BCUT2D eigenvalue weighted by Crippen LogP contribution is -2.10. The molecule has 0 bridgehead atoms. The van der Waals surface area contributed by atoms with E-state index in [9.17, 15) is 9.90 Å². The van der Waals surface area contributed by atoms with E-state index in [1.807, 2.05) is 6.92 Å². The molecule has 0 amide bonds. The van der Waals surface area contributed by atoms with Gasteiger partial charge >= 0.3 is 5.63 Å². The second-order valence-electron chi connectivity index (χ2n) is 3.61. The van der Waals surface area contributed by atoms with Gasteiger partial charge in [-0.05, 0) is 31.0 Å². The second-order valence-corrected chi connectivity index (χ2v) is 4.41. The molecule has 1 aromatic heterocycles. The molecule has 0 saturated carbocycles. The largest absolute Gasteiger partial charge is 0.508 e. The summed E-state index contributed by atoms with van der Waals surface area (Å²) in [5.74, 6) is 0.100. The van der Waals surface area contributed by atoms with Crippen molar-refractivity contribution in [2.24, 2.45) is 0 Å². The molecule has 0 unspecified atom stereocenters. The SMILES string of the molecule is Cc1c(CCBr)c(=O)oc2cc(O)ccc12. The zero-order chi connectivity index (χ0) is 11.7. The highest BCUT2D eigenvalue weighted by Crippen LogP contribution is 2.23. The van der Waals surface area contributed by atoms with Crippen molar-refractivity contribution in [3.63, 3.8) is 0 Å². The van der Waals surface area contributed by atoms with Crippen molar-refractivity contribution in [2.45, 2.75) is 13.3 Å². The molecule has 1 heterocycles. The minimum absolute atomic E-state index is 0.100. The Morgan fingerprint density at radius 2 is 2.19 bits per heavy atom. The Morgan fingerprint density at radius 3 is 2.88 bits per heavy atom. The van der Waals surface area contributed by atoms with Crippen LogP contribution in [-0.4, -0.2) is 10.4 Å². The van der Waals surface area contributed by atoms with Gasteiger partial charge in [0.2, 0.25) is 0 Å². The molecular formula is C12H11BrO3.